The maximum atomic E-state index is 12.0. The van der Waals surface area contributed by atoms with Crippen molar-refractivity contribution in [2.45, 2.75) is 43.5 Å². The summed E-state index contributed by atoms with van der Waals surface area (Å²) in [5, 5.41) is 0. The van der Waals surface area contributed by atoms with Gasteiger partial charge in [0.05, 0.1) is 13.2 Å². The Labute approximate surface area is 97.2 Å². The molecule has 0 saturated heterocycles. The van der Waals surface area contributed by atoms with Crippen molar-refractivity contribution in [2.75, 3.05) is 13.7 Å². The summed E-state index contributed by atoms with van der Waals surface area (Å²) in [6.07, 6.45) is -3.50. The predicted octanol–water partition coefficient (Wildman–Crippen LogP) is 1.38. The molecule has 2 N–H and O–H groups in total. The number of esters is 1. The standard InChI is InChI=1S/C10H16F3NO3/c1-16-8(15)9(14)4-2-3-7(5-9)17-6-10(11,12)13/h7H,2-6,14H2,1H3. The Bertz CT molecular complexity index is 282. The van der Waals surface area contributed by atoms with Crippen LogP contribution < -0.4 is 5.73 Å². The third-order valence-corrected chi connectivity index (χ3v) is 2.82. The van der Waals surface area contributed by atoms with Gasteiger partial charge in [0.1, 0.15) is 12.1 Å². The molecule has 1 fully saturated rings. The first-order valence-corrected chi connectivity index (χ1v) is 5.32. The number of rotatable bonds is 3. The van der Waals surface area contributed by atoms with E-state index >= 15 is 0 Å². The zero-order chi connectivity index (χ0) is 13.1. The quantitative estimate of drug-likeness (QED) is 0.774. The summed E-state index contributed by atoms with van der Waals surface area (Å²) < 4.78 is 45.2. The Hall–Kier alpha value is -0.820. The van der Waals surface area contributed by atoms with Crippen LogP contribution in [0.2, 0.25) is 0 Å². The van der Waals surface area contributed by atoms with Gasteiger partial charge in [-0.25, -0.2) is 0 Å². The molecule has 2 unspecified atom stereocenters. The van der Waals surface area contributed by atoms with Gasteiger partial charge in [-0.2, -0.15) is 13.2 Å². The minimum Gasteiger partial charge on any atom is -0.468 e. The monoisotopic (exact) mass is 255 g/mol. The fourth-order valence-electron chi connectivity index (χ4n) is 2.00. The minimum absolute atomic E-state index is 0.0652. The van der Waals surface area contributed by atoms with Gasteiger partial charge in [0.15, 0.2) is 0 Å². The molecule has 0 amide bonds. The fourth-order valence-corrected chi connectivity index (χ4v) is 2.00. The van der Waals surface area contributed by atoms with E-state index in [9.17, 15) is 18.0 Å². The molecule has 0 bridgehead atoms. The first-order valence-electron chi connectivity index (χ1n) is 5.32. The first-order chi connectivity index (χ1) is 7.77. The molecule has 7 heteroatoms. The molecule has 1 saturated carbocycles. The van der Waals surface area contributed by atoms with E-state index < -0.39 is 30.4 Å². The van der Waals surface area contributed by atoms with Crippen molar-refractivity contribution < 1.29 is 27.4 Å². The van der Waals surface area contributed by atoms with Crippen LogP contribution >= 0.6 is 0 Å². The minimum atomic E-state index is -4.36. The van der Waals surface area contributed by atoms with Gasteiger partial charge in [-0.15, -0.1) is 0 Å². The number of halogens is 3. The summed E-state index contributed by atoms with van der Waals surface area (Å²) in [4.78, 5) is 11.4. The van der Waals surface area contributed by atoms with Gasteiger partial charge in [0.25, 0.3) is 0 Å². The van der Waals surface area contributed by atoms with E-state index in [1.54, 1.807) is 0 Å². The molecule has 1 aliphatic carbocycles. The second-order valence-electron chi connectivity index (χ2n) is 4.29. The molecular weight excluding hydrogens is 239 g/mol. The van der Waals surface area contributed by atoms with E-state index in [0.29, 0.717) is 19.3 Å². The largest absolute Gasteiger partial charge is 0.468 e. The van der Waals surface area contributed by atoms with Crippen molar-refractivity contribution in [1.29, 1.82) is 0 Å². The molecule has 1 rings (SSSR count). The number of alkyl halides is 3. The van der Waals surface area contributed by atoms with Crippen molar-refractivity contribution in [1.82, 2.24) is 0 Å². The lowest BCUT2D eigenvalue weighted by Crippen LogP contribution is -2.53. The molecule has 1 aliphatic rings. The van der Waals surface area contributed by atoms with Crippen molar-refractivity contribution in [3.8, 4) is 0 Å². The van der Waals surface area contributed by atoms with Gasteiger partial charge in [0, 0.05) is 6.42 Å². The Kier molecular flexibility index (Phi) is 4.37. The molecule has 0 aliphatic heterocycles. The van der Waals surface area contributed by atoms with E-state index in [-0.39, 0.29) is 6.42 Å². The topological polar surface area (TPSA) is 61.5 Å². The summed E-state index contributed by atoms with van der Waals surface area (Å²) in [5.74, 6) is -0.599. The number of carbonyl (C=O) groups excluding carboxylic acids is 1. The SMILES string of the molecule is COC(=O)C1(N)CCCC(OCC(F)(F)F)C1. The van der Waals surface area contributed by atoms with Crippen molar-refractivity contribution in [3.05, 3.63) is 0 Å². The second kappa shape index (κ2) is 5.22. The second-order valence-corrected chi connectivity index (χ2v) is 4.29. The lowest BCUT2D eigenvalue weighted by atomic mass is 9.81. The number of hydrogen-bond acceptors (Lipinski definition) is 4. The summed E-state index contributed by atoms with van der Waals surface area (Å²) in [7, 11) is 1.21. The zero-order valence-electron chi connectivity index (χ0n) is 9.55. The molecule has 17 heavy (non-hydrogen) atoms. The van der Waals surface area contributed by atoms with Crippen LogP contribution in [0, 0.1) is 0 Å². The molecule has 0 radical (unpaired) electrons. The van der Waals surface area contributed by atoms with E-state index in [2.05, 4.69) is 4.74 Å². The predicted molar refractivity (Wildman–Crippen MR) is 53.2 cm³/mol. The van der Waals surface area contributed by atoms with E-state index in [4.69, 9.17) is 10.5 Å². The average Bonchev–Trinajstić information content (AvgIpc) is 2.24. The number of methoxy groups -OCH3 is 1. The highest BCUT2D eigenvalue weighted by Crippen LogP contribution is 2.30. The third kappa shape index (κ3) is 4.16. The highest BCUT2D eigenvalue weighted by molar-refractivity contribution is 5.80. The van der Waals surface area contributed by atoms with Crippen LogP contribution in [0.15, 0.2) is 0 Å². The van der Waals surface area contributed by atoms with Gasteiger partial charge in [0.2, 0.25) is 0 Å². The van der Waals surface area contributed by atoms with Crippen LogP contribution in [0.5, 0.6) is 0 Å². The summed E-state index contributed by atoms with van der Waals surface area (Å²) >= 11 is 0. The molecule has 0 heterocycles. The maximum absolute atomic E-state index is 12.0. The van der Waals surface area contributed by atoms with Crippen LogP contribution in [0.25, 0.3) is 0 Å². The van der Waals surface area contributed by atoms with E-state index in [1.807, 2.05) is 0 Å². The molecule has 100 valence electrons. The number of carbonyl (C=O) groups is 1. The summed E-state index contributed by atoms with van der Waals surface area (Å²) in [5.41, 5.74) is 4.59. The van der Waals surface area contributed by atoms with Crippen LogP contribution in [-0.2, 0) is 14.3 Å². The van der Waals surface area contributed by atoms with Gasteiger partial charge >= 0.3 is 12.1 Å². The Balaban J connectivity index is 2.52. The normalized spacial score (nSPS) is 30.1. The number of nitrogens with two attached hydrogens (primary N) is 1. The summed E-state index contributed by atoms with van der Waals surface area (Å²) in [6.45, 7) is -1.31. The molecule has 4 nitrogen and oxygen atoms in total. The Morgan fingerprint density at radius 2 is 2.18 bits per heavy atom. The fraction of sp³-hybridized carbons (Fsp3) is 0.900. The number of hydrogen-bond donors (Lipinski definition) is 1. The lowest BCUT2D eigenvalue weighted by Gasteiger charge is -2.35. The van der Waals surface area contributed by atoms with E-state index in [0.717, 1.165) is 0 Å². The van der Waals surface area contributed by atoms with Crippen LogP contribution in [0.4, 0.5) is 13.2 Å². The van der Waals surface area contributed by atoms with Gasteiger partial charge < -0.3 is 15.2 Å². The molecule has 0 spiro atoms. The van der Waals surface area contributed by atoms with Crippen LogP contribution in [-0.4, -0.2) is 37.5 Å². The van der Waals surface area contributed by atoms with Gasteiger partial charge in [-0.05, 0) is 19.3 Å². The van der Waals surface area contributed by atoms with Crippen molar-refractivity contribution >= 4 is 5.97 Å². The smallest absolute Gasteiger partial charge is 0.411 e. The average molecular weight is 255 g/mol. The van der Waals surface area contributed by atoms with E-state index in [1.165, 1.54) is 7.11 Å². The highest BCUT2D eigenvalue weighted by Gasteiger charge is 2.41. The van der Waals surface area contributed by atoms with Gasteiger partial charge in [-0.3, -0.25) is 4.79 Å². The van der Waals surface area contributed by atoms with Crippen molar-refractivity contribution in [2.24, 2.45) is 5.73 Å². The highest BCUT2D eigenvalue weighted by atomic mass is 19.4. The van der Waals surface area contributed by atoms with Crippen molar-refractivity contribution in [3.63, 3.8) is 0 Å². The number of ether oxygens (including phenoxy) is 2. The third-order valence-electron chi connectivity index (χ3n) is 2.82. The van der Waals surface area contributed by atoms with Crippen LogP contribution in [0.1, 0.15) is 25.7 Å². The molecule has 0 aromatic rings. The molecule has 2 atom stereocenters. The molecular formula is C10H16F3NO3. The molecule has 0 aromatic carbocycles. The first kappa shape index (κ1) is 14.2. The van der Waals surface area contributed by atoms with Crippen LogP contribution in [0.3, 0.4) is 0 Å². The van der Waals surface area contributed by atoms with Gasteiger partial charge in [-0.1, -0.05) is 0 Å². The molecule has 0 aromatic heterocycles. The Morgan fingerprint density at radius 3 is 2.71 bits per heavy atom. The Morgan fingerprint density at radius 1 is 1.53 bits per heavy atom. The lowest BCUT2D eigenvalue weighted by molar-refractivity contribution is -0.191. The summed E-state index contributed by atoms with van der Waals surface area (Å²) in [6, 6.07) is 0. The zero-order valence-corrected chi connectivity index (χ0v) is 9.55. The maximum Gasteiger partial charge on any atom is 0.411 e.